The molecule has 0 aliphatic rings. The molecule has 0 saturated carbocycles. The van der Waals surface area contributed by atoms with Crippen LogP contribution in [-0.2, 0) is 0 Å². The molecule has 2 nitrogen and oxygen atoms in total. The first-order chi connectivity index (χ1) is 23.0. The van der Waals surface area contributed by atoms with Gasteiger partial charge in [0.15, 0.2) is 0 Å². The van der Waals surface area contributed by atoms with E-state index in [1.165, 1.54) is 25.3 Å². The molecule has 47 heavy (non-hydrogen) atoms. The molecule has 0 unspecified atom stereocenters. The fourth-order valence-corrected chi connectivity index (χ4v) is 6.00. The first kappa shape index (κ1) is 29.7. The minimum Gasteiger partial charge on any atom is -0.507 e. The molecule has 228 valence electrons. The average molecular weight is 617 g/mol. The van der Waals surface area contributed by atoms with E-state index in [0.717, 1.165) is 44.5 Å². The standard InChI is InChI=1S/C43H30F2O2/c1-47-43-27-42(46)38(36-24-34(18-20-40(36)44)32-16-8-14-30(22-32)28-10-4-2-5-11-28)26-39(43)37-25-35(19-21-41(37)45)33-17-9-15-31(23-33)29-12-6-3-7-13-29/h2-27,46H,1H3. The lowest BCUT2D eigenvalue weighted by molar-refractivity contribution is 0.409. The Bertz CT molecular complexity index is 2210. The van der Waals surface area contributed by atoms with Gasteiger partial charge in [0, 0.05) is 28.3 Å². The maximum Gasteiger partial charge on any atom is 0.131 e. The van der Waals surface area contributed by atoms with Crippen LogP contribution in [0.3, 0.4) is 0 Å². The molecule has 0 spiro atoms. The molecule has 1 N–H and O–H groups in total. The summed E-state index contributed by atoms with van der Waals surface area (Å²) in [5, 5.41) is 11.1. The SMILES string of the molecule is COc1cc(O)c(-c2cc(-c3cccc(-c4ccccc4)c3)ccc2F)cc1-c1cc(-c2cccc(-c3ccccc3)c2)ccc1F. The van der Waals surface area contributed by atoms with Crippen LogP contribution >= 0.6 is 0 Å². The van der Waals surface area contributed by atoms with Crippen molar-refractivity contribution in [2.45, 2.75) is 0 Å². The lowest BCUT2D eigenvalue weighted by atomic mass is 9.92. The Hall–Kier alpha value is -6.00. The van der Waals surface area contributed by atoms with Crippen molar-refractivity contribution in [1.82, 2.24) is 0 Å². The van der Waals surface area contributed by atoms with Crippen LogP contribution in [0, 0.1) is 11.6 Å². The molecule has 7 aromatic carbocycles. The highest BCUT2D eigenvalue weighted by atomic mass is 19.1. The molecule has 0 saturated heterocycles. The van der Waals surface area contributed by atoms with Crippen molar-refractivity contribution in [3.63, 3.8) is 0 Å². The molecule has 0 fully saturated rings. The van der Waals surface area contributed by atoms with Gasteiger partial charge in [-0.15, -0.1) is 0 Å². The Morgan fingerprint density at radius 3 is 1.26 bits per heavy atom. The molecule has 0 atom stereocenters. The topological polar surface area (TPSA) is 29.5 Å². The van der Waals surface area contributed by atoms with E-state index >= 15 is 8.78 Å². The summed E-state index contributed by atoms with van der Waals surface area (Å²) < 4.78 is 36.8. The van der Waals surface area contributed by atoms with Gasteiger partial charge in [-0.25, -0.2) is 8.78 Å². The molecular formula is C43H30F2O2. The van der Waals surface area contributed by atoms with Gasteiger partial charge in [-0.3, -0.25) is 0 Å². The minimum absolute atomic E-state index is 0.174. The largest absolute Gasteiger partial charge is 0.507 e. The summed E-state index contributed by atoms with van der Waals surface area (Å²) in [6.45, 7) is 0. The molecule has 0 bridgehead atoms. The predicted molar refractivity (Wildman–Crippen MR) is 187 cm³/mol. The van der Waals surface area contributed by atoms with Crippen molar-refractivity contribution in [2.24, 2.45) is 0 Å². The molecule has 0 amide bonds. The highest BCUT2D eigenvalue weighted by Crippen LogP contribution is 2.44. The first-order valence-electron chi connectivity index (χ1n) is 15.3. The maximum atomic E-state index is 15.6. The number of benzene rings is 7. The van der Waals surface area contributed by atoms with E-state index < -0.39 is 11.6 Å². The highest BCUT2D eigenvalue weighted by molar-refractivity contribution is 5.86. The third-order valence-corrected chi connectivity index (χ3v) is 8.44. The number of aromatic hydroxyl groups is 1. The Morgan fingerprint density at radius 1 is 0.383 bits per heavy atom. The smallest absolute Gasteiger partial charge is 0.131 e. The normalized spacial score (nSPS) is 11.0. The van der Waals surface area contributed by atoms with Gasteiger partial charge in [0.2, 0.25) is 0 Å². The zero-order valence-electron chi connectivity index (χ0n) is 25.6. The summed E-state index contributed by atoms with van der Waals surface area (Å²) in [6, 6.07) is 48.9. The number of hydrogen-bond acceptors (Lipinski definition) is 2. The second kappa shape index (κ2) is 12.8. The van der Waals surface area contributed by atoms with Crippen molar-refractivity contribution in [3.05, 3.63) is 169 Å². The van der Waals surface area contributed by atoms with Gasteiger partial charge in [0.1, 0.15) is 23.1 Å². The molecule has 7 aromatic rings. The zero-order valence-corrected chi connectivity index (χ0v) is 25.6. The summed E-state index contributed by atoms with van der Waals surface area (Å²) in [5.41, 5.74) is 8.74. The van der Waals surface area contributed by atoms with Crippen LogP contribution in [0.25, 0.3) is 66.8 Å². The van der Waals surface area contributed by atoms with Gasteiger partial charge in [0.25, 0.3) is 0 Å². The Balaban J connectivity index is 1.31. The van der Waals surface area contributed by atoms with E-state index in [4.69, 9.17) is 4.74 Å². The summed E-state index contributed by atoms with van der Waals surface area (Å²) >= 11 is 0. The van der Waals surface area contributed by atoms with Crippen LogP contribution in [0.1, 0.15) is 0 Å². The van der Waals surface area contributed by atoms with Crippen LogP contribution < -0.4 is 4.74 Å². The predicted octanol–water partition coefficient (Wildman–Crippen LogP) is 11.7. The number of halogens is 2. The third kappa shape index (κ3) is 6.01. The second-order valence-corrected chi connectivity index (χ2v) is 11.4. The quantitative estimate of drug-likeness (QED) is 0.193. The molecule has 0 aliphatic heterocycles. The molecule has 0 radical (unpaired) electrons. The van der Waals surface area contributed by atoms with Crippen molar-refractivity contribution >= 4 is 0 Å². The van der Waals surface area contributed by atoms with E-state index in [-0.39, 0.29) is 28.2 Å². The lowest BCUT2D eigenvalue weighted by Crippen LogP contribution is -1.95. The van der Waals surface area contributed by atoms with Gasteiger partial charge in [-0.1, -0.05) is 109 Å². The van der Waals surface area contributed by atoms with E-state index in [9.17, 15) is 5.11 Å². The summed E-state index contributed by atoms with van der Waals surface area (Å²) in [5.74, 6) is -0.875. The van der Waals surface area contributed by atoms with Crippen LogP contribution in [0.15, 0.2) is 158 Å². The lowest BCUT2D eigenvalue weighted by Gasteiger charge is -2.16. The number of phenolic OH excluding ortho intramolecular Hbond substituents is 1. The fourth-order valence-electron chi connectivity index (χ4n) is 6.00. The number of rotatable bonds is 7. The summed E-state index contributed by atoms with van der Waals surface area (Å²) in [4.78, 5) is 0. The third-order valence-electron chi connectivity index (χ3n) is 8.44. The number of phenols is 1. The monoisotopic (exact) mass is 616 g/mol. The van der Waals surface area contributed by atoms with E-state index in [1.807, 2.05) is 97.1 Å². The molecular weight excluding hydrogens is 586 g/mol. The minimum atomic E-state index is -0.508. The number of hydrogen-bond donors (Lipinski definition) is 1. The summed E-state index contributed by atoms with van der Waals surface area (Å²) in [7, 11) is 1.46. The molecule has 4 heteroatoms. The fraction of sp³-hybridized carbons (Fsp3) is 0.0233. The average Bonchev–Trinajstić information content (AvgIpc) is 3.13. The van der Waals surface area contributed by atoms with Crippen molar-refractivity contribution < 1.29 is 18.6 Å². The van der Waals surface area contributed by atoms with Crippen LogP contribution in [-0.4, -0.2) is 12.2 Å². The van der Waals surface area contributed by atoms with E-state index in [0.29, 0.717) is 5.56 Å². The number of ether oxygens (including phenoxy) is 1. The van der Waals surface area contributed by atoms with E-state index in [1.54, 1.807) is 30.3 Å². The zero-order chi connectivity index (χ0) is 32.3. The number of methoxy groups -OCH3 is 1. The van der Waals surface area contributed by atoms with Gasteiger partial charge in [-0.2, -0.15) is 0 Å². The van der Waals surface area contributed by atoms with Gasteiger partial charge >= 0.3 is 0 Å². The van der Waals surface area contributed by atoms with Gasteiger partial charge in [-0.05, 0) is 87.0 Å². The van der Waals surface area contributed by atoms with Crippen LogP contribution in [0.5, 0.6) is 11.5 Å². The summed E-state index contributed by atoms with van der Waals surface area (Å²) in [6.07, 6.45) is 0. The van der Waals surface area contributed by atoms with Crippen molar-refractivity contribution in [2.75, 3.05) is 7.11 Å². The Kier molecular flexibility index (Phi) is 8.07. The van der Waals surface area contributed by atoms with Gasteiger partial charge < -0.3 is 9.84 Å². The van der Waals surface area contributed by atoms with Crippen LogP contribution in [0.2, 0.25) is 0 Å². The highest BCUT2D eigenvalue weighted by Gasteiger charge is 2.19. The second-order valence-electron chi connectivity index (χ2n) is 11.4. The molecule has 0 aliphatic carbocycles. The van der Waals surface area contributed by atoms with Crippen molar-refractivity contribution in [3.8, 4) is 78.3 Å². The molecule has 0 aromatic heterocycles. The van der Waals surface area contributed by atoms with Gasteiger partial charge in [0.05, 0.1) is 7.11 Å². The Labute approximate surface area is 272 Å². The maximum absolute atomic E-state index is 15.6. The first-order valence-corrected chi connectivity index (χ1v) is 15.3. The molecule has 7 rings (SSSR count). The van der Waals surface area contributed by atoms with E-state index in [2.05, 4.69) is 12.1 Å². The molecule has 0 heterocycles. The Morgan fingerprint density at radius 2 is 0.787 bits per heavy atom. The van der Waals surface area contributed by atoms with Crippen molar-refractivity contribution in [1.29, 1.82) is 0 Å². The van der Waals surface area contributed by atoms with Crippen LogP contribution in [0.4, 0.5) is 8.78 Å².